The number of benzene rings is 1. The number of nitrogens with two attached hydrogens (primary N) is 1. The molecule has 0 bridgehead atoms. The fourth-order valence-electron chi connectivity index (χ4n) is 1.45. The van der Waals surface area contributed by atoms with Crippen LogP contribution in [-0.2, 0) is 10.0 Å². The van der Waals surface area contributed by atoms with Gasteiger partial charge >= 0.3 is 0 Å². The Hall–Kier alpha value is -1.25. The molecule has 5 nitrogen and oxygen atoms in total. The van der Waals surface area contributed by atoms with E-state index in [1.165, 1.54) is 7.11 Å². The number of sulfonamides is 1. The zero-order valence-corrected chi connectivity index (χ0v) is 13.1. The molecule has 0 aliphatic heterocycles. The van der Waals surface area contributed by atoms with Crippen LogP contribution in [0.3, 0.4) is 0 Å². The SMILES string of the molecule is COc1cc(N)ccc1NS(=O)(=O)c1sccc1Br. The second kappa shape index (κ2) is 5.40. The van der Waals surface area contributed by atoms with Gasteiger partial charge in [0, 0.05) is 16.2 Å². The summed E-state index contributed by atoms with van der Waals surface area (Å²) < 4.78 is 32.8. The molecule has 2 aromatic rings. The van der Waals surface area contributed by atoms with Crippen molar-refractivity contribution in [1.82, 2.24) is 0 Å². The third kappa shape index (κ3) is 3.02. The van der Waals surface area contributed by atoms with Gasteiger partial charge in [-0.2, -0.15) is 0 Å². The molecule has 0 atom stereocenters. The molecule has 0 amide bonds. The first-order valence-corrected chi connectivity index (χ1v) is 8.29. The Morgan fingerprint density at radius 1 is 1.37 bits per heavy atom. The number of methoxy groups -OCH3 is 1. The maximum atomic E-state index is 12.2. The molecular formula is C11H11BrN2O3S2. The number of rotatable bonds is 4. The van der Waals surface area contributed by atoms with Gasteiger partial charge in [-0.25, -0.2) is 8.42 Å². The van der Waals surface area contributed by atoms with E-state index in [0.29, 0.717) is 21.6 Å². The van der Waals surface area contributed by atoms with Crippen LogP contribution in [0, 0.1) is 0 Å². The normalized spacial score (nSPS) is 11.3. The summed E-state index contributed by atoms with van der Waals surface area (Å²) in [5.41, 5.74) is 6.46. The minimum atomic E-state index is -3.65. The van der Waals surface area contributed by atoms with Gasteiger partial charge in [-0.1, -0.05) is 0 Å². The summed E-state index contributed by atoms with van der Waals surface area (Å²) in [4.78, 5) is 0. The van der Waals surface area contributed by atoms with Gasteiger partial charge in [0.1, 0.15) is 5.75 Å². The Bertz CT molecular complexity index is 698. The van der Waals surface area contributed by atoms with Crippen molar-refractivity contribution in [2.45, 2.75) is 4.21 Å². The smallest absolute Gasteiger partial charge is 0.272 e. The molecule has 0 spiro atoms. The molecule has 0 saturated carbocycles. The van der Waals surface area contributed by atoms with E-state index in [9.17, 15) is 8.42 Å². The summed E-state index contributed by atoms with van der Waals surface area (Å²) >= 11 is 4.33. The lowest BCUT2D eigenvalue weighted by atomic mass is 10.2. The highest BCUT2D eigenvalue weighted by Gasteiger charge is 2.20. The minimum absolute atomic E-state index is 0.214. The van der Waals surface area contributed by atoms with Crippen molar-refractivity contribution in [2.24, 2.45) is 0 Å². The largest absolute Gasteiger partial charge is 0.494 e. The average molecular weight is 363 g/mol. The second-order valence-electron chi connectivity index (χ2n) is 3.62. The quantitative estimate of drug-likeness (QED) is 0.819. The molecule has 1 heterocycles. The maximum absolute atomic E-state index is 12.2. The number of hydrogen-bond donors (Lipinski definition) is 2. The van der Waals surface area contributed by atoms with Gasteiger partial charge in [-0.3, -0.25) is 4.72 Å². The summed E-state index contributed by atoms with van der Waals surface area (Å²) in [6, 6.07) is 6.40. The monoisotopic (exact) mass is 362 g/mol. The van der Waals surface area contributed by atoms with Gasteiger partial charge in [0.2, 0.25) is 0 Å². The first-order chi connectivity index (χ1) is 8.94. The van der Waals surface area contributed by atoms with E-state index in [1.54, 1.807) is 29.6 Å². The predicted octanol–water partition coefficient (Wildman–Crippen LogP) is 2.90. The average Bonchev–Trinajstić information content (AvgIpc) is 2.78. The van der Waals surface area contributed by atoms with Crippen LogP contribution in [-0.4, -0.2) is 15.5 Å². The summed E-state index contributed by atoms with van der Waals surface area (Å²) in [5, 5.41) is 1.69. The fraction of sp³-hybridized carbons (Fsp3) is 0.0909. The molecule has 1 aromatic heterocycles. The topological polar surface area (TPSA) is 81.4 Å². The third-order valence-corrected chi connectivity index (χ3v) is 6.33. The predicted molar refractivity (Wildman–Crippen MR) is 80.2 cm³/mol. The van der Waals surface area contributed by atoms with Crippen molar-refractivity contribution in [3.63, 3.8) is 0 Å². The first-order valence-electron chi connectivity index (χ1n) is 5.13. The Morgan fingerprint density at radius 2 is 2.11 bits per heavy atom. The zero-order valence-electron chi connectivity index (χ0n) is 9.88. The Morgan fingerprint density at radius 3 is 2.68 bits per heavy atom. The van der Waals surface area contributed by atoms with E-state index in [2.05, 4.69) is 20.7 Å². The highest BCUT2D eigenvalue weighted by atomic mass is 79.9. The van der Waals surface area contributed by atoms with E-state index < -0.39 is 10.0 Å². The van der Waals surface area contributed by atoms with Crippen LogP contribution in [0.15, 0.2) is 38.3 Å². The highest BCUT2D eigenvalue weighted by molar-refractivity contribution is 9.10. The number of thiophene rings is 1. The lowest BCUT2D eigenvalue weighted by Crippen LogP contribution is -2.12. The Kier molecular flexibility index (Phi) is 4.02. The summed E-state index contributed by atoms with van der Waals surface area (Å²) in [6.45, 7) is 0. The molecule has 19 heavy (non-hydrogen) atoms. The molecule has 2 rings (SSSR count). The van der Waals surface area contributed by atoms with Crippen molar-refractivity contribution in [1.29, 1.82) is 0 Å². The van der Waals surface area contributed by atoms with Gasteiger partial charge in [-0.05, 0) is 39.5 Å². The van der Waals surface area contributed by atoms with Crippen LogP contribution in [0.1, 0.15) is 0 Å². The van der Waals surface area contributed by atoms with Gasteiger partial charge < -0.3 is 10.5 Å². The molecule has 8 heteroatoms. The zero-order chi connectivity index (χ0) is 14.0. The van der Waals surface area contributed by atoms with Gasteiger partial charge in [-0.15, -0.1) is 11.3 Å². The molecular weight excluding hydrogens is 352 g/mol. The first kappa shape index (κ1) is 14.2. The molecule has 0 unspecified atom stereocenters. The molecule has 0 radical (unpaired) electrons. The molecule has 0 saturated heterocycles. The van der Waals surface area contributed by atoms with Crippen molar-refractivity contribution < 1.29 is 13.2 Å². The molecule has 0 aliphatic carbocycles. The van der Waals surface area contributed by atoms with Gasteiger partial charge in [0.25, 0.3) is 10.0 Å². The van der Waals surface area contributed by atoms with Crippen molar-refractivity contribution in [3.8, 4) is 5.75 Å². The van der Waals surface area contributed by atoms with Gasteiger partial charge in [0.15, 0.2) is 4.21 Å². The summed E-state index contributed by atoms with van der Waals surface area (Å²) in [5.74, 6) is 0.372. The number of ether oxygens (including phenoxy) is 1. The van der Waals surface area contributed by atoms with Crippen LogP contribution >= 0.6 is 27.3 Å². The third-order valence-electron chi connectivity index (χ3n) is 2.30. The van der Waals surface area contributed by atoms with Crippen LogP contribution in [0.4, 0.5) is 11.4 Å². The number of hydrogen-bond acceptors (Lipinski definition) is 5. The van der Waals surface area contributed by atoms with Crippen LogP contribution < -0.4 is 15.2 Å². The molecule has 1 aromatic carbocycles. The van der Waals surface area contributed by atoms with E-state index in [1.807, 2.05) is 0 Å². The number of nitrogen functional groups attached to an aromatic ring is 1. The van der Waals surface area contributed by atoms with Crippen molar-refractivity contribution in [2.75, 3.05) is 17.6 Å². The molecule has 102 valence electrons. The lowest BCUT2D eigenvalue weighted by Gasteiger charge is -2.11. The standard InChI is InChI=1S/C11H11BrN2O3S2/c1-17-10-6-7(13)2-3-9(10)14-19(15,16)11-8(12)4-5-18-11/h2-6,14H,13H2,1H3. The minimum Gasteiger partial charge on any atom is -0.494 e. The lowest BCUT2D eigenvalue weighted by molar-refractivity contribution is 0.417. The molecule has 0 fully saturated rings. The molecule has 0 aliphatic rings. The van der Waals surface area contributed by atoms with E-state index in [-0.39, 0.29) is 4.21 Å². The number of anilines is 2. The van der Waals surface area contributed by atoms with Crippen LogP contribution in [0.25, 0.3) is 0 Å². The van der Waals surface area contributed by atoms with E-state index in [0.717, 1.165) is 11.3 Å². The number of nitrogens with one attached hydrogen (secondary N) is 1. The fourth-order valence-corrected chi connectivity index (χ4v) is 4.86. The maximum Gasteiger partial charge on any atom is 0.272 e. The Balaban J connectivity index is 2.39. The van der Waals surface area contributed by atoms with E-state index >= 15 is 0 Å². The van der Waals surface area contributed by atoms with Gasteiger partial charge in [0.05, 0.1) is 12.8 Å². The summed E-state index contributed by atoms with van der Waals surface area (Å²) in [7, 11) is -2.19. The Labute approximate surface area is 123 Å². The van der Waals surface area contributed by atoms with E-state index in [4.69, 9.17) is 10.5 Å². The van der Waals surface area contributed by atoms with Crippen molar-refractivity contribution in [3.05, 3.63) is 34.1 Å². The highest BCUT2D eigenvalue weighted by Crippen LogP contribution is 2.32. The summed E-state index contributed by atoms with van der Waals surface area (Å²) in [6.07, 6.45) is 0. The van der Waals surface area contributed by atoms with Crippen molar-refractivity contribution >= 4 is 48.7 Å². The molecule has 3 N–H and O–H groups in total. The van der Waals surface area contributed by atoms with Crippen LogP contribution in [0.2, 0.25) is 0 Å². The number of halogens is 1. The second-order valence-corrected chi connectivity index (χ2v) is 7.27. The van der Waals surface area contributed by atoms with Crippen LogP contribution in [0.5, 0.6) is 5.75 Å².